The second-order valence-corrected chi connectivity index (χ2v) is 5.65. The number of carbonyl (C=O) groups excluding carboxylic acids is 1. The standard InChI is InChI=1S/C16H26N2O2/c1-5-17(6-2)16(20)12(4)18-11(3)10-13-14(18)8-7-9-15(13)19/h10,12,15,19H,5-9H2,1-4H3. The van der Waals surface area contributed by atoms with Gasteiger partial charge in [-0.3, -0.25) is 4.79 Å². The number of aromatic nitrogens is 1. The van der Waals surface area contributed by atoms with E-state index >= 15 is 0 Å². The summed E-state index contributed by atoms with van der Waals surface area (Å²) in [5, 5.41) is 10.1. The molecule has 0 saturated carbocycles. The highest BCUT2D eigenvalue weighted by Gasteiger charge is 2.28. The van der Waals surface area contributed by atoms with Crippen LogP contribution in [0, 0.1) is 6.92 Å². The van der Waals surface area contributed by atoms with Crippen LogP contribution in [-0.4, -0.2) is 33.6 Å². The number of rotatable bonds is 4. The van der Waals surface area contributed by atoms with Gasteiger partial charge in [-0.05, 0) is 53.0 Å². The number of likely N-dealkylation sites (N-methyl/N-ethyl adjacent to an activating group) is 1. The second kappa shape index (κ2) is 6.00. The first-order chi connectivity index (χ1) is 9.51. The van der Waals surface area contributed by atoms with E-state index in [1.807, 2.05) is 38.7 Å². The normalized spacial score (nSPS) is 19.6. The molecule has 4 heteroatoms. The second-order valence-electron chi connectivity index (χ2n) is 5.65. The molecule has 0 bridgehead atoms. The molecule has 2 rings (SSSR count). The van der Waals surface area contributed by atoms with E-state index in [4.69, 9.17) is 0 Å². The van der Waals surface area contributed by atoms with Gasteiger partial charge in [0.25, 0.3) is 0 Å². The Bertz CT molecular complexity index is 489. The van der Waals surface area contributed by atoms with Gasteiger partial charge in [0, 0.05) is 30.0 Å². The SMILES string of the molecule is CCN(CC)C(=O)C(C)n1c(C)cc2c1CCCC2O. The van der Waals surface area contributed by atoms with Crippen LogP contribution < -0.4 is 0 Å². The number of fused-ring (bicyclic) bond motifs is 1. The Morgan fingerprint density at radius 2 is 2.15 bits per heavy atom. The molecule has 112 valence electrons. The minimum atomic E-state index is -0.366. The third kappa shape index (κ3) is 2.49. The Labute approximate surface area is 121 Å². The number of amides is 1. The van der Waals surface area contributed by atoms with E-state index in [1.165, 1.54) is 0 Å². The highest BCUT2D eigenvalue weighted by Crippen LogP contribution is 2.34. The summed E-state index contributed by atoms with van der Waals surface area (Å²) in [6.45, 7) is 9.49. The first kappa shape index (κ1) is 15.1. The van der Waals surface area contributed by atoms with Gasteiger partial charge in [0.2, 0.25) is 5.91 Å². The average molecular weight is 278 g/mol. The molecule has 0 spiro atoms. The van der Waals surface area contributed by atoms with Crippen molar-refractivity contribution < 1.29 is 9.90 Å². The van der Waals surface area contributed by atoms with Gasteiger partial charge in [-0.2, -0.15) is 0 Å². The van der Waals surface area contributed by atoms with Crippen molar-refractivity contribution >= 4 is 5.91 Å². The smallest absolute Gasteiger partial charge is 0.245 e. The first-order valence-electron chi connectivity index (χ1n) is 7.68. The van der Waals surface area contributed by atoms with Gasteiger partial charge in [-0.1, -0.05) is 0 Å². The first-order valence-corrected chi connectivity index (χ1v) is 7.68. The fourth-order valence-corrected chi connectivity index (χ4v) is 3.35. The Hall–Kier alpha value is -1.29. The number of hydrogen-bond acceptors (Lipinski definition) is 2. The quantitative estimate of drug-likeness (QED) is 0.920. The van der Waals surface area contributed by atoms with E-state index in [-0.39, 0.29) is 18.1 Å². The highest BCUT2D eigenvalue weighted by atomic mass is 16.3. The molecule has 2 unspecified atom stereocenters. The molecule has 1 aliphatic rings. The van der Waals surface area contributed by atoms with Crippen LogP contribution in [0.25, 0.3) is 0 Å². The van der Waals surface area contributed by atoms with Gasteiger partial charge in [0.1, 0.15) is 6.04 Å². The van der Waals surface area contributed by atoms with Crippen molar-refractivity contribution in [2.45, 2.75) is 59.1 Å². The molecule has 1 heterocycles. The summed E-state index contributed by atoms with van der Waals surface area (Å²) in [5.74, 6) is 0.163. The maximum Gasteiger partial charge on any atom is 0.245 e. The van der Waals surface area contributed by atoms with Crippen LogP contribution in [0.4, 0.5) is 0 Å². The average Bonchev–Trinajstić information content (AvgIpc) is 2.77. The summed E-state index contributed by atoms with van der Waals surface area (Å²) in [7, 11) is 0. The number of aliphatic hydroxyl groups is 1. The van der Waals surface area contributed by atoms with E-state index in [1.54, 1.807) is 0 Å². The maximum atomic E-state index is 12.6. The van der Waals surface area contributed by atoms with Gasteiger partial charge >= 0.3 is 0 Å². The molecule has 0 aromatic carbocycles. The molecule has 0 aliphatic heterocycles. The van der Waals surface area contributed by atoms with E-state index in [0.717, 1.165) is 49.3 Å². The zero-order valence-electron chi connectivity index (χ0n) is 13.0. The third-order valence-electron chi connectivity index (χ3n) is 4.44. The summed E-state index contributed by atoms with van der Waals surface area (Å²) in [4.78, 5) is 14.4. The van der Waals surface area contributed by atoms with Crippen molar-refractivity contribution in [3.05, 3.63) is 23.0 Å². The number of nitrogens with zero attached hydrogens (tertiary/aromatic N) is 2. The van der Waals surface area contributed by atoms with Crippen molar-refractivity contribution in [3.8, 4) is 0 Å². The lowest BCUT2D eigenvalue weighted by Gasteiger charge is -2.27. The molecular weight excluding hydrogens is 252 g/mol. The monoisotopic (exact) mass is 278 g/mol. The van der Waals surface area contributed by atoms with Gasteiger partial charge in [-0.15, -0.1) is 0 Å². The number of aryl methyl sites for hydroxylation is 1. The lowest BCUT2D eigenvalue weighted by molar-refractivity contribution is -0.134. The summed E-state index contributed by atoms with van der Waals surface area (Å²) >= 11 is 0. The molecule has 2 atom stereocenters. The van der Waals surface area contributed by atoms with Crippen LogP contribution in [0.15, 0.2) is 6.07 Å². The number of aliphatic hydroxyl groups excluding tert-OH is 1. The third-order valence-corrected chi connectivity index (χ3v) is 4.44. The molecule has 1 aromatic rings. The van der Waals surface area contributed by atoms with Crippen LogP contribution in [0.3, 0.4) is 0 Å². The zero-order chi connectivity index (χ0) is 14.9. The van der Waals surface area contributed by atoms with Gasteiger partial charge in [0.05, 0.1) is 6.10 Å². The van der Waals surface area contributed by atoms with E-state index < -0.39 is 0 Å². The Balaban J connectivity index is 2.35. The molecular formula is C16H26N2O2. The Morgan fingerprint density at radius 1 is 1.50 bits per heavy atom. The molecule has 0 saturated heterocycles. The molecule has 4 nitrogen and oxygen atoms in total. The highest BCUT2D eigenvalue weighted by molar-refractivity contribution is 5.80. The molecule has 1 aliphatic carbocycles. The maximum absolute atomic E-state index is 12.6. The number of carbonyl (C=O) groups is 1. The fraction of sp³-hybridized carbons (Fsp3) is 0.688. The topological polar surface area (TPSA) is 45.5 Å². The van der Waals surface area contributed by atoms with Crippen LogP contribution in [0.5, 0.6) is 0 Å². The van der Waals surface area contributed by atoms with Crippen molar-refractivity contribution in [3.63, 3.8) is 0 Å². The van der Waals surface area contributed by atoms with Crippen LogP contribution in [0.1, 0.15) is 62.7 Å². The summed E-state index contributed by atoms with van der Waals surface area (Å²) in [6.07, 6.45) is 2.41. The van der Waals surface area contributed by atoms with Gasteiger partial charge in [-0.25, -0.2) is 0 Å². The Morgan fingerprint density at radius 3 is 2.75 bits per heavy atom. The molecule has 20 heavy (non-hydrogen) atoms. The lowest BCUT2D eigenvalue weighted by atomic mass is 9.95. The molecule has 1 amide bonds. The van der Waals surface area contributed by atoms with Crippen LogP contribution in [0.2, 0.25) is 0 Å². The van der Waals surface area contributed by atoms with Crippen LogP contribution >= 0.6 is 0 Å². The lowest BCUT2D eigenvalue weighted by Crippen LogP contribution is -2.36. The molecule has 1 N–H and O–H groups in total. The molecule has 1 aromatic heterocycles. The van der Waals surface area contributed by atoms with Gasteiger partial charge in [0.15, 0.2) is 0 Å². The minimum absolute atomic E-state index is 0.163. The largest absolute Gasteiger partial charge is 0.388 e. The summed E-state index contributed by atoms with van der Waals surface area (Å²) in [6, 6.07) is 1.86. The van der Waals surface area contributed by atoms with Crippen molar-refractivity contribution in [2.75, 3.05) is 13.1 Å². The zero-order valence-corrected chi connectivity index (χ0v) is 13.0. The fourth-order valence-electron chi connectivity index (χ4n) is 3.35. The van der Waals surface area contributed by atoms with Crippen molar-refractivity contribution in [2.24, 2.45) is 0 Å². The molecule has 0 fully saturated rings. The predicted octanol–water partition coefficient (Wildman–Crippen LogP) is 2.60. The minimum Gasteiger partial charge on any atom is -0.388 e. The van der Waals surface area contributed by atoms with Crippen molar-refractivity contribution in [1.82, 2.24) is 9.47 Å². The van der Waals surface area contributed by atoms with E-state index in [0.29, 0.717) is 0 Å². The Kier molecular flexibility index (Phi) is 4.53. The van der Waals surface area contributed by atoms with E-state index in [2.05, 4.69) is 4.57 Å². The van der Waals surface area contributed by atoms with Crippen LogP contribution in [-0.2, 0) is 11.2 Å². The summed E-state index contributed by atoms with van der Waals surface area (Å²) < 4.78 is 2.12. The number of hydrogen-bond donors (Lipinski definition) is 1. The van der Waals surface area contributed by atoms with E-state index in [9.17, 15) is 9.90 Å². The molecule has 0 radical (unpaired) electrons. The van der Waals surface area contributed by atoms with Gasteiger partial charge < -0.3 is 14.6 Å². The van der Waals surface area contributed by atoms with Crippen molar-refractivity contribution in [1.29, 1.82) is 0 Å². The predicted molar refractivity (Wildman–Crippen MR) is 79.7 cm³/mol. The summed E-state index contributed by atoms with van der Waals surface area (Å²) in [5.41, 5.74) is 3.24.